The van der Waals surface area contributed by atoms with Crippen molar-refractivity contribution in [1.82, 2.24) is 4.23 Å². The molecule has 0 amide bonds. The molecule has 206 valence electrons. The van der Waals surface area contributed by atoms with Gasteiger partial charge in [-0.15, -0.1) is 0 Å². The Hall–Kier alpha value is -3.19. The van der Waals surface area contributed by atoms with Crippen molar-refractivity contribution >= 4 is 14.2 Å². The SMILES string of the molecule is CCOc1ccc(-c2c(-c3ccc(OC)c(OC)c3)cn([Si](C(C)C)(C(C)C)C(C)C)c2C(=O)OC)cc1. The fraction of sp³-hybridized carbons (Fsp3) is 0.452. The molecule has 0 N–H and O–H groups in total. The fourth-order valence-electron chi connectivity index (χ4n) is 6.34. The van der Waals surface area contributed by atoms with Crippen molar-refractivity contribution in [2.75, 3.05) is 27.9 Å². The number of carbonyl (C=O) groups excluding carboxylic acids is 1. The molecule has 0 saturated heterocycles. The molecule has 0 aliphatic carbocycles. The fourth-order valence-corrected chi connectivity index (χ4v) is 13.0. The van der Waals surface area contributed by atoms with Gasteiger partial charge in [-0.3, -0.25) is 0 Å². The lowest BCUT2D eigenvalue weighted by atomic mass is 9.96. The van der Waals surface area contributed by atoms with E-state index in [9.17, 15) is 4.79 Å². The molecule has 3 rings (SSSR count). The molecule has 7 heteroatoms. The van der Waals surface area contributed by atoms with E-state index in [-0.39, 0.29) is 5.97 Å². The van der Waals surface area contributed by atoms with Crippen LogP contribution in [0.1, 0.15) is 59.0 Å². The number of hydrogen-bond donors (Lipinski definition) is 0. The number of carbonyl (C=O) groups is 1. The van der Waals surface area contributed by atoms with Crippen LogP contribution in [-0.4, -0.2) is 46.4 Å². The molecular weight excluding hydrogens is 494 g/mol. The monoisotopic (exact) mass is 537 g/mol. The lowest BCUT2D eigenvalue weighted by Crippen LogP contribution is -2.52. The molecule has 2 aromatic carbocycles. The van der Waals surface area contributed by atoms with Crippen LogP contribution in [-0.2, 0) is 4.74 Å². The maximum Gasteiger partial charge on any atom is 0.354 e. The van der Waals surface area contributed by atoms with Crippen LogP contribution in [0.15, 0.2) is 48.7 Å². The molecule has 0 bridgehead atoms. The predicted octanol–water partition coefficient (Wildman–Crippen LogP) is 8.05. The van der Waals surface area contributed by atoms with Gasteiger partial charge >= 0.3 is 5.97 Å². The van der Waals surface area contributed by atoms with Crippen LogP contribution in [0.5, 0.6) is 17.2 Å². The quantitative estimate of drug-likeness (QED) is 0.183. The van der Waals surface area contributed by atoms with Crippen LogP contribution < -0.4 is 14.2 Å². The number of ether oxygens (including phenoxy) is 4. The van der Waals surface area contributed by atoms with E-state index in [0.717, 1.165) is 28.0 Å². The number of aromatic nitrogens is 1. The Labute approximate surface area is 229 Å². The van der Waals surface area contributed by atoms with E-state index in [1.807, 2.05) is 49.4 Å². The summed E-state index contributed by atoms with van der Waals surface area (Å²) in [5, 5.41) is 0. The third kappa shape index (κ3) is 5.08. The van der Waals surface area contributed by atoms with E-state index in [0.29, 0.717) is 40.4 Å². The summed E-state index contributed by atoms with van der Waals surface area (Å²) in [6.07, 6.45) is 2.19. The van der Waals surface area contributed by atoms with E-state index in [1.54, 1.807) is 14.2 Å². The maximum atomic E-state index is 13.7. The average Bonchev–Trinajstić information content (AvgIpc) is 3.28. The van der Waals surface area contributed by atoms with E-state index in [2.05, 4.69) is 52.0 Å². The van der Waals surface area contributed by atoms with Gasteiger partial charge in [-0.2, -0.15) is 0 Å². The summed E-state index contributed by atoms with van der Waals surface area (Å²) in [7, 11) is 2.39. The smallest absolute Gasteiger partial charge is 0.354 e. The number of methoxy groups -OCH3 is 3. The first-order valence-corrected chi connectivity index (χ1v) is 15.6. The molecule has 1 aromatic heterocycles. The third-order valence-corrected chi connectivity index (χ3v) is 14.5. The first-order chi connectivity index (χ1) is 18.1. The Balaban J connectivity index is 2.50. The molecule has 6 nitrogen and oxygen atoms in total. The van der Waals surface area contributed by atoms with Crippen molar-refractivity contribution in [3.8, 4) is 39.5 Å². The predicted molar refractivity (Wildman–Crippen MR) is 157 cm³/mol. The maximum absolute atomic E-state index is 13.7. The molecule has 3 aromatic rings. The summed E-state index contributed by atoms with van der Waals surface area (Å²) < 4.78 is 24.6. The van der Waals surface area contributed by atoms with Gasteiger partial charge in [0, 0.05) is 17.3 Å². The molecular formula is C31H43NO5Si. The van der Waals surface area contributed by atoms with Gasteiger partial charge in [0.05, 0.1) is 27.9 Å². The second-order valence-electron chi connectivity index (χ2n) is 10.5. The first-order valence-electron chi connectivity index (χ1n) is 13.4. The highest BCUT2D eigenvalue weighted by Crippen LogP contribution is 2.48. The Kier molecular flexibility index (Phi) is 9.36. The minimum Gasteiger partial charge on any atom is -0.494 e. The van der Waals surface area contributed by atoms with Crippen molar-refractivity contribution in [3.05, 3.63) is 54.4 Å². The molecule has 0 saturated carbocycles. The molecule has 0 aliphatic heterocycles. The van der Waals surface area contributed by atoms with E-state index >= 15 is 0 Å². The summed E-state index contributed by atoms with van der Waals surface area (Å²) >= 11 is 0. The Bertz CT molecular complexity index is 1220. The molecule has 0 fully saturated rings. The summed E-state index contributed by atoms with van der Waals surface area (Å²) in [4.78, 5) is 13.7. The number of nitrogens with zero attached hydrogens (tertiary/aromatic N) is 1. The zero-order valence-electron chi connectivity index (χ0n) is 24.5. The molecule has 0 aliphatic rings. The second kappa shape index (κ2) is 12.1. The van der Waals surface area contributed by atoms with Crippen LogP contribution in [0.2, 0.25) is 16.6 Å². The highest BCUT2D eigenvalue weighted by molar-refractivity contribution is 6.82. The van der Waals surface area contributed by atoms with Crippen LogP contribution in [0.4, 0.5) is 0 Å². The van der Waals surface area contributed by atoms with Gasteiger partial charge in [0.2, 0.25) is 0 Å². The zero-order chi connectivity index (χ0) is 28.2. The number of esters is 1. The van der Waals surface area contributed by atoms with Gasteiger partial charge in [-0.1, -0.05) is 59.7 Å². The van der Waals surface area contributed by atoms with Crippen molar-refractivity contribution < 1.29 is 23.7 Å². The highest BCUT2D eigenvalue weighted by atomic mass is 28.3. The molecule has 0 atom stereocenters. The molecule has 38 heavy (non-hydrogen) atoms. The lowest BCUT2D eigenvalue weighted by Gasteiger charge is -2.44. The van der Waals surface area contributed by atoms with Crippen LogP contribution in [0, 0.1) is 0 Å². The van der Waals surface area contributed by atoms with Crippen molar-refractivity contribution in [2.45, 2.75) is 65.1 Å². The van der Waals surface area contributed by atoms with Gasteiger partial charge in [0.1, 0.15) is 11.4 Å². The second-order valence-corrected chi connectivity index (χ2v) is 16.2. The summed E-state index contributed by atoms with van der Waals surface area (Å²) in [6, 6.07) is 13.8. The first kappa shape index (κ1) is 29.4. The normalized spacial score (nSPS) is 11.8. The average molecular weight is 538 g/mol. The highest BCUT2D eigenvalue weighted by Gasteiger charge is 2.48. The minimum absolute atomic E-state index is 0.334. The van der Waals surface area contributed by atoms with Gasteiger partial charge in [0.25, 0.3) is 0 Å². The third-order valence-electron chi connectivity index (χ3n) is 7.72. The van der Waals surface area contributed by atoms with Crippen molar-refractivity contribution in [1.29, 1.82) is 0 Å². The Morgan fingerprint density at radius 3 is 1.84 bits per heavy atom. The molecule has 0 unspecified atom stereocenters. The Morgan fingerprint density at radius 2 is 1.37 bits per heavy atom. The molecule has 0 radical (unpaired) electrons. The van der Waals surface area contributed by atoms with Gasteiger partial charge < -0.3 is 23.2 Å². The Morgan fingerprint density at radius 1 is 0.816 bits per heavy atom. The van der Waals surface area contributed by atoms with Crippen LogP contribution in [0.25, 0.3) is 22.3 Å². The largest absolute Gasteiger partial charge is 0.494 e. The van der Waals surface area contributed by atoms with E-state index in [1.165, 1.54) is 7.11 Å². The van der Waals surface area contributed by atoms with Gasteiger partial charge in [-0.05, 0) is 58.9 Å². The lowest BCUT2D eigenvalue weighted by molar-refractivity contribution is 0.0593. The molecule has 0 spiro atoms. The van der Waals surface area contributed by atoms with E-state index in [4.69, 9.17) is 18.9 Å². The van der Waals surface area contributed by atoms with Gasteiger partial charge in [0.15, 0.2) is 19.7 Å². The minimum atomic E-state index is -2.33. The zero-order valence-corrected chi connectivity index (χ0v) is 25.5. The van der Waals surface area contributed by atoms with Crippen molar-refractivity contribution in [3.63, 3.8) is 0 Å². The number of benzene rings is 2. The number of rotatable bonds is 11. The summed E-state index contributed by atoms with van der Waals surface area (Å²) in [6.45, 7) is 16.3. The van der Waals surface area contributed by atoms with Gasteiger partial charge in [-0.25, -0.2) is 4.79 Å². The summed E-state index contributed by atoms with van der Waals surface area (Å²) in [5.41, 5.74) is 5.41. The summed E-state index contributed by atoms with van der Waals surface area (Å²) in [5.74, 6) is 1.74. The van der Waals surface area contributed by atoms with Crippen LogP contribution in [0.3, 0.4) is 0 Å². The van der Waals surface area contributed by atoms with Crippen molar-refractivity contribution in [2.24, 2.45) is 0 Å². The molecule has 1 heterocycles. The van der Waals surface area contributed by atoms with E-state index < -0.39 is 8.24 Å². The topological polar surface area (TPSA) is 58.9 Å². The standard InChI is InChI=1S/C31H43NO5Si/c1-11-37-25-15-12-23(13-16-25)29-26(24-14-17-27(34-8)28(18-24)35-9)19-32(30(29)31(33)36-10)38(20(2)3,21(4)5)22(6)7/h12-22H,11H2,1-10H3. The van der Waals surface area contributed by atoms with Crippen LogP contribution >= 0.6 is 0 Å². The number of hydrogen-bond acceptors (Lipinski definition) is 5.